The first-order chi connectivity index (χ1) is 16.4. The van der Waals surface area contributed by atoms with Gasteiger partial charge in [-0.25, -0.2) is 0 Å². The highest BCUT2D eigenvalue weighted by molar-refractivity contribution is 5.98. The van der Waals surface area contributed by atoms with Gasteiger partial charge in [-0.2, -0.15) is 0 Å². The maximum atomic E-state index is 13.3. The molecule has 1 saturated heterocycles. The molecular formula is C27H35N3O4. The van der Waals surface area contributed by atoms with Crippen LogP contribution in [0, 0.1) is 0 Å². The van der Waals surface area contributed by atoms with Crippen LogP contribution >= 0.6 is 0 Å². The molecule has 7 heteroatoms. The molecule has 2 aliphatic heterocycles. The lowest BCUT2D eigenvalue weighted by atomic mass is 9.94. The minimum Gasteiger partial charge on any atom is -0.490 e. The predicted octanol–water partition coefficient (Wildman–Crippen LogP) is 3.05. The molecule has 0 aromatic heterocycles. The fourth-order valence-corrected chi connectivity index (χ4v) is 5.45. The molecule has 1 N–H and O–H groups in total. The summed E-state index contributed by atoms with van der Waals surface area (Å²) in [7, 11) is 5.74. The molecule has 3 aliphatic rings. The molecule has 0 saturated carbocycles. The van der Waals surface area contributed by atoms with Gasteiger partial charge in [-0.1, -0.05) is 24.3 Å². The molecule has 3 atom stereocenters. The van der Waals surface area contributed by atoms with Crippen molar-refractivity contribution in [3.05, 3.63) is 59.2 Å². The predicted molar refractivity (Wildman–Crippen MR) is 133 cm³/mol. The molecule has 5 rings (SSSR count). The quantitative estimate of drug-likeness (QED) is 0.752. The van der Waals surface area contributed by atoms with Crippen LogP contribution in [0.25, 0.3) is 0 Å². The van der Waals surface area contributed by atoms with Crippen LogP contribution in [0.3, 0.4) is 0 Å². The van der Waals surface area contributed by atoms with E-state index in [0.717, 1.165) is 31.4 Å². The first kappa shape index (κ1) is 22.7. The van der Waals surface area contributed by atoms with Crippen LogP contribution in [0.4, 0.5) is 5.69 Å². The van der Waals surface area contributed by atoms with Gasteiger partial charge < -0.3 is 24.6 Å². The number of amides is 2. The summed E-state index contributed by atoms with van der Waals surface area (Å²) in [4.78, 5) is 29.8. The Morgan fingerprint density at radius 2 is 1.88 bits per heavy atom. The summed E-state index contributed by atoms with van der Waals surface area (Å²) in [5, 5.41) is 3.19. The van der Waals surface area contributed by atoms with E-state index in [2.05, 4.69) is 17.4 Å². The van der Waals surface area contributed by atoms with Crippen LogP contribution in [0.15, 0.2) is 42.5 Å². The minimum absolute atomic E-state index is 0. The van der Waals surface area contributed by atoms with Crippen molar-refractivity contribution < 1.29 is 20.5 Å². The van der Waals surface area contributed by atoms with Crippen molar-refractivity contribution in [3.8, 4) is 5.75 Å². The maximum Gasteiger partial charge on any atom is 0.257 e. The van der Waals surface area contributed by atoms with Gasteiger partial charge >= 0.3 is 0 Å². The fourth-order valence-electron chi connectivity index (χ4n) is 5.45. The largest absolute Gasteiger partial charge is 0.490 e. The Labute approximate surface area is 202 Å². The zero-order valence-electron chi connectivity index (χ0n) is 20.1. The summed E-state index contributed by atoms with van der Waals surface area (Å²) < 4.78 is 12.4. The lowest BCUT2D eigenvalue weighted by Crippen LogP contribution is -2.54. The zero-order chi connectivity index (χ0) is 23.8. The first-order valence-electron chi connectivity index (χ1n) is 12.1. The SMILES string of the molecule is CN(C)c1ccc2c(c1)C(=O)N(C)[C@H]1CC[C@@H](CC(=O)NC3Cc4ccccc4C3)O[C@H]1CO2.[HH]. The van der Waals surface area contributed by atoms with Gasteiger partial charge in [0.15, 0.2) is 0 Å². The maximum absolute atomic E-state index is 13.3. The lowest BCUT2D eigenvalue weighted by molar-refractivity contribution is -0.134. The van der Waals surface area contributed by atoms with E-state index in [-0.39, 0.29) is 37.5 Å². The topological polar surface area (TPSA) is 71.1 Å². The van der Waals surface area contributed by atoms with E-state index in [9.17, 15) is 9.59 Å². The lowest BCUT2D eigenvalue weighted by Gasteiger charge is -2.42. The first-order valence-corrected chi connectivity index (χ1v) is 12.1. The Kier molecular flexibility index (Phi) is 6.21. The number of ether oxygens (including phenoxy) is 2. The highest BCUT2D eigenvalue weighted by Gasteiger charge is 2.39. The van der Waals surface area contributed by atoms with Crippen molar-refractivity contribution >= 4 is 17.5 Å². The Bertz CT molecular complexity index is 1070. The number of anilines is 1. The van der Waals surface area contributed by atoms with Crippen molar-refractivity contribution in [1.29, 1.82) is 0 Å². The average Bonchev–Trinajstić information content (AvgIpc) is 3.23. The Balaban J connectivity index is 0.00000289. The standard InChI is InChI=1S/C27H33N3O4.H2/c1-29(2)20-8-11-24-22(14-20)27(32)30(3)23-10-9-21(34-25(23)16-33-24)15-26(31)28-19-12-17-6-4-5-7-18(17)13-19;/h4-8,11,14,19,21,23,25H,9-10,12-13,15-16H2,1-3H3,(H,28,31);1H/t21-,23-,25-;/m0./s1. The molecule has 0 bridgehead atoms. The molecule has 182 valence electrons. The third-order valence-corrected chi connectivity index (χ3v) is 7.34. The second kappa shape index (κ2) is 9.29. The number of benzene rings is 2. The number of hydrogen-bond donors (Lipinski definition) is 1. The normalized spacial score (nSPS) is 24.3. The number of likely N-dealkylation sites (N-methyl/N-ethyl adjacent to an activating group) is 1. The van der Waals surface area contributed by atoms with Gasteiger partial charge in [-0.3, -0.25) is 9.59 Å². The highest BCUT2D eigenvalue weighted by Crippen LogP contribution is 2.33. The van der Waals surface area contributed by atoms with E-state index in [1.165, 1.54) is 11.1 Å². The van der Waals surface area contributed by atoms with Crippen molar-refractivity contribution in [2.45, 2.75) is 56.4 Å². The van der Waals surface area contributed by atoms with Crippen LogP contribution in [0.1, 0.15) is 42.2 Å². The highest BCUT2D eigenvalue weighted by atomic mass is 16.5. The summed E-state index contributed by atoms with van der Waals surface area (Å²) in [5.74, 6) is 0.540. The van der Waals surface area contributed by atoms with E-state index in [1.54, 1.807) is 4.90 Å². The van der Waals surface area contributed by atoms with E-state index < -0.39 is 0 Å². The van der Waals surface area contributed by atoms with E-state index >= 15 is 0 Å². The third kappa shape index (κ3) is 4.49. The van der Waals surface area contributed by atoms with Gasteiger partial charge in [0.05, 0.1) is 24.1 Å². The molecule has 34 heavy (non-hydrogen) atoms. The summed E-state index contributed by atoms with van der Waals surface area (Å²) in [5.41, 5.74) is 4.17. The number of nitrogens with zero attached hydrogens (tertiary/aromatic N) is 2. The Morgan fingerprint density at radius 1 is 1.15 bits per heavy atom. The Morgan fingerprint density at radius 3 is 2.59 bits per heavy atom. The van der Waals surface area contributed by atoms with Gasteiger partial charge in [-0.15, -0.1) is 0 Å². The van der Waals surface area contributed by atoms with Crippen molar-refractivity contribution in [2.75, 3.05) is 32.6 Å². The van der Waals surface area contributed by atoms with Crippen molar-refractivity contribution in [1.82, 2.24) is 10.2 Å². The van der Waals surface area contributed by atoms with Crippen LogP contribution in [-0.2, 0) is 22.4 Å². The molecule has 2 heterocycles. The molecule has 0 radical (unpaired) electrons. The summed E-state index contributed by atoms with van der Waals surface area (Å²) >= 11 is 0. The van der Waals surface area contributed by atoms with Gasteiger partial charge in [0, 0.05) is 34.3 Å². The molecule has 1 aliphatic carbocycles. The minimum atomic E-state index is -0.266. The molecule has 2 aromatic rings. The number of carbonyl (C=O) groups is 2. The smallest absolute Gasteiger partial charge is 0.257 e. The Hall–Kier alpha value is -3.06. The fraction of sp³-hybridized carbons (Fsp3) is 0.481. The van der Waals surface area contributed by atoms with Crippen LogP contribution < -0.4 is 15.0 Å². The van der Waals surface area contributed by atoms with E-state index in [0.29, 0.717) is 24.3 Å². The van der Waals surface area contributed by atoms with Crippen LogP contribution in [0.2, 0.25) is 0 Å². The number of hydrogen-bond acceptors (Lipinski definition) is 5. The molecule has 1 fully saturated rings. The second-order valence-electron chi connectivity index (χ2n) is 9.89. The van der Waals surface area contributed by atoms with Crippen LogP contribution in [0.5, 0.6) is 5.75 Å². The van der Waals surface area contributed by atoms with Gasteiger partial charge in [-0.05, 0) is 55.0 Å². The third-order valence-electron chi connectivity index (χ3n) is 7.34. The second-order valence-corrected chi connectivity index (χ2v) is 9.89. The molecule has 7 nitrogen and oxygen atoms in total. The monoisotopic (exact) mass is 465 g/mol. The molecule has 0 spiro atoms. The van der Waals surface area contributed by atoms with Gasteiger partial charge in [0.1, 0.15) is 18.5 Å². The van der Waals surface area contributed by atoms with Crippen molar-refractivity contribution in [3.63, 3.8) is 0 Å². The van der Waals surface area contributed by atoms with Gasteiger partial charge in [0.25, 0.3) is 5.91 Å². The summed E-state index contributed by atoms with van der Waals surface area (Å²) in [6.07, 6.45) is 3.18. The van der Waals surface area contributed by atoms with Crippen molar-refractivity contribution in [2.24, 2.45) is 0 Å². The molecular weight excluding hydrogens is 430 g/mol. The number of fused-ring (bicyclic) bond motifs is 3. The summed E-state index contributed by atoms with van der Waals surface area (Å²) in [6, 6.07) is 14.1. The zero-order valence-corrected chi connectivity index (χ0v) is 20.1. The number of nitrogens with one attached hydrogen (secondary N) is 1. The van der Waals surface area contributed by atoms with E-state index in [1.807, 2.05) is 56.4 Å². The average molecular weight is 466 g/mol. The van der Waals surface area contributed by atoms with Crippen LogP contribution in [-0.4, -0.2) is 68.8 Å². The number of carbonyl (C=O) groups excluding carboxylic acids is 2. The van der Waals surface area contributed by atoms with E-state index in [4.69, 9.17) is 9.47 Å². The molecule has 0 unspecified atom stereocenters. The summed E-state index contributed by atoms with van der Waals surface area (Å²) in [6.45, 7) is 0.354. The number of rotatable bonds is 4. The molecule has 2 aromatic carbocycles. The van der Waals surface area contributed by atoms with Gasteiger partial charge in [0.2, 0.25) is 5.91 Å². The molecule has 2 amide bonds.